The highest BCUT2D eigenvalue weighted by molar-refractivity contribution is 5.32. The van der Waals surface area contributed by atoms with E-state index in [0.29, 0.717) is 12.6 Å². The van der Waals surface area contributed by atoms with Crippen molar-refractivity contribution in [2.45, 2.75) is 45.2 Å². The first-order valence-electron chi connectivity index (χ1n) is 6.13. The zero-order valence-electron chi connectivity index (χ0n) is 9.89. The molecule has 88 valence electrons. The number of hydrogen-bond donors (Lipinski definition) is 1. The van der Waals surface area contributed by atoms with Crippen LogP contribution >= 0.6 is 0 Å². The van der Waals surface area contributed by atoms with Gasteiger partial charge in [0.15, 0.2) is 0 Å². The summed E-state index contributed by atoms with van der Waals surface area (Å²) in [5.41, 5.74) is 6.52. The minimum absolute atomic E-state index is 0.484. The molecule has 0 unspecified atom stereocenters. The van der Waals surface area contributed by atoms with E-state index < -0.39 is 0 Å². The van der Waals surface area contributed by atoms with Crippen molar-refractivity contribution in [3.63, 3.8) is 0 Å². The van der Waals surface area contributed by atoms with Crippen LogP contribution in [-0.4, -0.2) is 22.6 Å². The molecule has 1 aromatic rings. The van der Waals surface area contributed by atoms with Crippen molar-refractivity contribution in [3.8, 4) is 0 Å². The second kappa shape index (κ2) is 5.25. The van der Waals surface area contributed by atoms with Crippen molar-refractivity contribution in [1.29, 1.82) is 0 Å². The van der Waals surface area contributed by atoms with Gasteiger partial charge in [-0.2, -0.15) is 0 Å². The van der Waals surface area contributed by atoms with E-state index in [1.54, 1.807) is 0 Å². The SMILES string of the molecule is CCN(c1nccc(CN)n1)C1CCCC1. The van der Waals surface area contributed by atoms with E-state index in [1.165, 1.54) is 25.7 Å². The minimum atomic E-state index is 0.484. The van der Waals surface area contributed by atoms with Gasteiger partial charge in [0, 0.05) is 25.3 Å². The number of nitrogens with zero attached hydrogens (tertiary/aromatic N) is 3. The van der Waals surface area contributed by atoms with E-state index in [9.17, 15) is 0 Å². The molecule has 0 spiro atoms. The lowest BCUT2D eigenvalue weighted by Crippen LogP contribution is -2.34. The molecule has 16 heavy (non-hydrogen) atoms. The van der Waals surface area contributed by atoms with E-state index in [2.05, 4.69) is 21.8 Å². The van der Waals surface area contributed by atoms with E-state index in [1.807, 2.05) is 12.3 Å². The maximum absolute atomic E-state index is 5.60. The van der Waals surface area contributed by atoms with E-state index in [0.717, 1.165) is 18.2 Å². The smallest absolute Gasteiger partial charge is 0.225 e. The third-order valence-electron chi connectivity index (χ3n) is 3.27. The summed E-state index contributed by atoms with van der Waals surface area (Å²) in [5.74, 6) is 0.845. The van der Waals surface area contributed by atoms with Gasteiger partial charge in [-0.05, 0) is 25.8 Å². The summed E-state index contributed by atoms with van der Waals surface area (Å²) >= 11 is 0. The molecule has 0 saturated heterocycles. The lowest BCUT2D eigenvalue weighted by molar-refractivity contribution is 0.603. The predicted molar refractivity (Wildman–Crippen MR) is 65.2 cm³/mol. The minimum Gasteiger partial charge on any atom is -0.338 e. The second-order valence-electron chi connectivity index (χ2n) is 4.28. The zero-order chi connectivity index (χ0) is 11.4. The first kappa shape index (κ1) is 11.3. The molecule has 2 N–H and O–H groups in total. The molecular weight excluding hydrogens is 200 g/mol. The molecule has 1 aromatic heterocycles. The summed E-state index contributed by atoms with van der Waals surface area (Å²) in [5, 5.41) is 0. The van der Waals surface area contributed by atoms with Crippen molar-refractivity contribution in [2.24, 2.45) is 5.73 Å². The highest BCUT2D eigenvalue weighted by Gasteiger charge is 2.23. The summed E-state index contributed by atoms with van der Waals surface area (Å²) in [6, 6.07) is 2.50. The van der Waals surface area contributed by atoms with Crippen LogP contribution in [-0.2, 0) is 6.54 Å². The zero-order valence-corrected chi connectivity index (χ0v) is 9.89. The molecular formula is C12H20N4. The first-order chi connectivity index (χ1) is 7.85. The van der Waals surface area contributed by atoms with E-state index in [4.69, 9.17) is 5.73 Å². The standard InChI is InChI=1S/C12H20N4/c1-2-16(11-5-3-4-6-11)12-14-8-7-10(9-13)15-12/h7-8,11H,2-6,9,13H2,1H3. The summed E-state index contributed by atoms with van der Waals surface area (Å²) in [6.07, 6.45) is 7.01. The van der Waals surface area contributed by atoms with Gasteiger partial charge >= 0.3 is 0 Å². The van der Waals surface area contributed by atoms with Crippen LogP contribution in [0, 0.1) is 0 Å². The van der Waals surface area contributed by atoms with E-state index >= 15 is 0 Å². The van der Waals surface area contributed by atoms with Crippen molar-refractivity contribution >= 4 is 5.95 Å². The van der Waals surface area contributed by atoms with Crippen molar-refractivity contribution in [3.05, 3.63) is 18.0 Å². The number of hydrogen-bond acceptors (Lipinski definition) is 4. The molecule has 0 bridgehead atoms. The Morgan fingerprint density at radius 2 is 2.19 bits per heavy atom. The lowest BCUT2D eigenvalue weighted by Gasteiger charge is -2.27. The van der Waals surface area contributed by atoms with Crippen LogP contribution < -0.4 is 10.6 Å². The van der Waals surface area contributed by atoms with Crippen LogP contribution in [0.1, 0.15) is 38.3 Å². The summed E-state index contributed by atoms with van der Waals surface area (Å²) in [7, 11) is 0. The lowest BCUT2D eigenvalue weighted by atomic mass is 10.2. The van der Waals surface area contributed by atoms with Crippen LogP contribution in [0.15, 0.2) is 12.3 Å². The molecule has 4 nitrogen and oxygen atoms in total. The molecule has 0 radical (unpaired) electrons. The highest BCUT2D eigenvalue weighted by Crippen LogP contribution is 2.25. The molecule has 0 atom stereocenters. The highest BCUT2D eigenvalue weighted by atomic mass is 15.3. The average Bonchev–Trinajstić information content (AvgIpc) is 2.84. The summed E-state index contributed by atoms with van der Waals surface area (Å²) < 4.78 is 0. The quantitative estimate of drug-likeness (QED) is 0.839. The third-order valence-corrected chi connectivity index (χ3v) is 3.27. The largest absolute Gasteiger partial charge is 0.338 e. The van der Waals surface area contributed by atoms with Crippen LogP contribution in [0.25, 0.3) is 0 Å². The van der Waals surface area contributed by atoms with Crippen LogP contribution in [0.2, 0.25) is 0 Å². The number of aromatic nitrogens is 2. The van der Waals surface area contributed by atoms with Crippen molar-refractivity contribution < 1.29 is 0 Å². The summed E-state index contributed by atoms with van der Waals surface area (Å²) in [6.45, 7) is 3.62. The molecule has 2 rings (SSSR count). The summed E-state index contributed by atoms with van der Waals surface area (Å²) in [4.78, 5) is 11.2. The maximum atomic E-state index is 5.60. The monoisotopic (exact) mass is 220 g/mol. The Hall–Kier alpha value is -1.16. The van der Waals surface area contributed by atoms with Gasteiger partial charge in [-0.15, -0.1) is 0 Å². The van der Waals surface area contributed by atoms with Crippen LogP contribution in [0.5, 0.6) is 0 Å². The molecule has 4 heteroatoms. The molecule has 0 aliphatic heterocycles. The van der Waals surface area contributed by atoms with Crippen molar-refractivity contribution in [2.75, 3.05) is 11.4 Å². The Bertz CT molecular complexity index is 334. The Labute approximate surface area is 96.9 Å². The number of rotatable bonds is 4. The van der Waals surface area contributed by atoms with Gasteiger partial charge < -0.3 is 10.6 Å². The molecule has 1 fully saturated rings. The normalized spacial score (nSPS) is 16.6. The first-order valence-corrected chi connectivity index (χ1v) is 6.13. The Morgan fingerprint density at radius 3 is 2.81 bits per heavy atom. The number of anilines is 1. The van der Waals surface area contributed by atoms with Crippen LogP contribution in [0.3, 0.4) is 0 Å². The van der Waals surface area contributed by atoms with Gasteiger partial charge in [0.2, 0.25) is 5.95 Å². The molecule has 1 aliphatic rings. The van der Waals surface area contributed by atoms with E-state index in [-0.39, 0.29) is 0 Å². The van der Waals surface area contributed by atoms with Gasteiger partial charge in [0.25, 0.3) is 0 Å². The molecule has 1 heterocycles. The fraction of sp³-hybridized carbons (Fsp3) is 0.667. The fourth-order valence-corrected chi connectivity index (χ4v) is 2.42. The predicted octanol–water partition coefficient (Wildman–Crippen LogP) is 1.70. The van der Waals surface area contributed by atoms with Gasteiger partial charge in [-0.1, -0.05) is 12.8 Å². The third kappa shape index (κ3) is 2.32. The number of nitrogens with two attached hydrogens (primary N) is 1. The van der Waals surface area contributed by atoms with Gasteiger partial charge in [-0.25, -0.2) is 9.97 Å². The van der Waals surface area contributed by atoms with Gasteiger partial charge in [0.05, 0.1) is 5.69 Å². The maximum Gasteiger partial charge on any atom is 0.225 e. The molecule has 1 saturated carbocycles. The fourth-order valence-electron chi connectivity index (χ4n) is 2.42. The molecule has 0 aromatic carbocycles. The Kier molecular flexibility index (Phi) is 3.72. The van der Waals surface area contributed by atoms with Crippen LogP contribution in [0.4, 0.5) is 5.95 Å². The van der Waals surface area contributed by atoms with Crippen molar-refractivity contribution in [1.82, 2.24) is 9.97 Å². The van der Waals surface area contributed by atoms with Gasteiger partial charge in [0.1, 0.15) is 0 Å². The Balaban J connectivity index is 2.18. The average molecular weight is 220 g/mol. The second-order valence-corrected chi connectivity index (χ2v) is 4.28. The Morgan fingerprint density at radius 1 is 1.44 bits per heavy atom. The van der Waals surface area contributed by atoms with Gasteiger partial charge in [-0.3, -0.25) is 0 Å². The molecule has 1 aliphatic carbocycles. The molecule has 0 amide bonds. The topological polar surface area (TPSA) is 55.0 Å².